The quantitative estimate of drug-likeness (QED) is 0.674. The van der Waals surface area contributed by atoms with E-state index in [1.165, 1.54) is 6.26 Å². The Labute approximate surface area is 76.3 Å². The van der Waals surface area contributed by atoms with E-state index in [4.69, 9.17) is 5.73 Å². The SMILES string of the molecule is NCCCC(=O)NCc1ccon1. The van der Waals surface area contributed by atoms with Gasteiger partial charge in [-0.15, -0.1) is 0 Å². The van der Waals surface area contributed by atoms with Crippen LogP contribution in [-0.4, -0.2) is 17.6 Å². The molecule has 0 atom stereocenters. The van der Waals surface area contributed by atoms with Gasteiger partial charge in [0, 0.05) is 12.5 Å². The van der Waals surface area contributed by atoms with Crippen LogP contribution in [0.2, 0.25) is 0 Å². The summed E-state index contributed by atoms with van der Waals surface area (Å²) in [6.07, 6.45) is 2.65. The normalized spacial score (nSPS) is 9.92. The first-order valence-electron chi connectivity index (χ1n) is 4.19. The Kier molecular flexibility index (Phi) is 3.98. The lowest BCUT2D eigenvalue weighted by Gasteiger charge is -2.00. The first kappa shape index (κ1) is 9.73. The molecular formula is C8H13N3O2. The van der Waals surface area contributed by atoms with Gasteiger partial charge in [0.05, 0.1) is 6.54 Å². The summed E-state index contributed by atoms with van der Waals surface area (Å²) in [6.45, 7) is 0.956. The van der Waals surface area contributed by atoms with E-state index in [0.717, 1.165) is 5.69 Å². The summed E-state index contributed by atoms with van der Waals surface area (Å²) >= 11 is 0. The van der Waals surface area contributed by atoms with E-state index in [2.05, 4.69) is 15.0 Å². The van der Waals surface area contributed by atoms with Gasteiger partial charge in [-0.1, -0.05) is 5.16 Å². The van der Waals surface area contributed by atoms with Gasteiger partial charge in [0.2, 0.25) is 5.91 Å². The minimum Gasteiger partial charge on any atom is -0.364 e. The van der Waals surface area contributed by atoms with Crippen molar-refractivity contribution in [2.24, 2.45) is 5.73 Å². The molecule has 1 heterocycles. The summed E-state index contributed by atoms with van der Waals surface area (Å²) in [5, 5.41) is 6.36. The number of hydrogen-bond donors (Lipinski definition) is 2. The number of rotatable bonds is 5. The molecule has 0 fully saturated rings. The van der Waals surface area contributed by atoms with E-state index in [-0.39, 0.29) is 5.91 Å². The highest BCUT2D eigenvalue weighted by molar-refractivity contribution is 5.75. The van der Waals surface area contributed by atoms with E-state index in [0.29, 0.717) is 25.9 Å². The summed E-state index contributed by atoms with van der Waals surface area (Å²) < 4.78 is 4.61. The standard InChI is InChI=1S/C8H13N3O2/c9-4-1-2-8(12)10-6-7-3-5-13-11-7/h3,5H,1-2,4,6,9H2,(H,10,12). The van der Waals surface area contributed by atoms with Crippen molar-refractivity contribution >= 4 is 5.91 Å². The van der Waals surface area contributed by atoms with Crippen molar-refractivity contribution in [3.8, 4) is 0 Å². The van der Waals surface area contributed by atoms with Crippen molar-refractivity contribution in [2.75, 3.05) is 6.54 Å². The molecule has 1 aromatic heterocycles. The molecule has 0 aliphatic heterocycles. The van der Waals surface area contributed by atoms with Gasteiger partial charge in [0.25, 0.3) is 0 Å². The second-order valence-corrected chi connectivity index (χ2v) is 2.66. The van der Waals surface area contributed by atoms with Crippen LogP contribution in [0.4, 0.5) is 0 Å². The molecule has 1 rings (SSSR count). The van der Waals surface area contributed by atoms with Crippen molar-refractivity contribution in [1.29, 1.82) is 0 Å². The molecule has 5 nitrogen and oxygen atoms in total. The average molecular weight is 183 g/mol. The highest BCUT2D eigenvalue weighted by Gasteiger charge is 2.01. The van der Waals surface area contributed by atoms with Crippen LogP contribution < -0.4 is 11.1 Å². The van der Waals surface area contributed by atoms with Crippen LogP contribution in [0.15, 0.2) is 16.9 Å². The number of hydrogen-bond acceptors (Lipinski definition) is 4. The predicted octanol–water partition coefficient (Wildman–Crippen LogP) is 0.0297. The predicted molar refractivity (Wildman–Crippen MR) is 46.6 cm³/mol. The topological polar surface area (TPSA) is 81.2 Å². The molecule has 3 N–H and O–H groups in total. The van der Waals surface area contributed by atoms with Crippen LogP contribution >= 0.6 is 0 Å². The first-order valence-corrected chi connectivity index (χ1v) is 4.19. The third kappa shape index (κ3) is 3.71. The number of carbonyl (C=O) groups is 1. The molecule has 0 unspecified atom stereocenters. The van der Waals surface area contributed by atoms with Gasteiger partial charge in [-0.25, -0.2) is 0 Å². The number of nitrogens with one attached hydrogen (secondary N) is 1. The minimum atomic E-state index is -0.00606. The molecular weight excluding hydrogens is 170 g/mol. The van der Waals surface area contributed by atoms with Gasteiger partial charge in [-0.2, -0.15) is 0 Å². The maximum Gasteiger partial charge on any atom is 0.220 e. The molecule has 0 bridgehead atoms. The van der Waals surface area contributed by atoms with Crippen molar-refractivity contribution in [3.63, 3.8) is 0 Å². The highest BCUT2D eigenvalue weighted by Crippen LogP contribution is 1.93. The van der Waals surface area contributed by atoms with Gasteiger partial charge in [-0.05, 0) is 13.0 Å². The Morgan fingerprint density at radius 1 is 1.69 bits per heavy atom. The summed E-state index contributed by atoms with van der Waals surface area (Å²) in [4.78, 5) is 11.1. The zero-order valence-electron chi connectivity index (χ0n) is 7.32. The van der Waals surface area contributed by atoms with Crippen LogP contribution in [0.5, 0.6) is 0 Å². The highest BCUT2D eigenvalue weighted by atomic mass is 16.5. The van der Waals surface area contributed by atoms with E-state index in [1.807, 2.05) is 0 Å². The zero-order chi connectivity index (χ0) is 9.52. The molecule has 0 radical (unpaired) electrons. The third-order valence-corrected chi connectivity index (χ3v) is 1.57. The fourth-order valence-electron chi connectivity index (χ4n) is 0.869. The average Bonchev–Trinajstić information content (AvgIpc) is 2.64. The Morgan fingerprint density at radius 2 is 2.54 bits per heavy atom. The number of amides is 1. The van der Waals surface area contributed by atoms with Crippen molar-refractivity contribution in [1.82, 2.24) is 10.5 Å². The molecule has 0 saturated carbocycles. The van der Waals surface area contributed by atoms with Gasteiger partial charge in [-0.3, -0.25) is 4.79 Å². The van der Waals surface area contributed by atoms with Crippen LogP contribution in [0.1, 0.15) is 18.5 Å². The van der Waals surface area contributed by atoms with Crippen LogP contribution in [0, 0.1) is 0 Å². The van der Waals surface area contributed by atoms with Gasteiger partial charge in [0.1, 0.15) is 12.0 Å². The monoisotopic (exact) mass is 183 g/mol. The van der Waals surface area contributed by atoms with E-state index in [9.17, 15) is 4.79 Å². The number of nitrogens with zero attached hydrogens (tertiary/aromatic N) is 1. The van der Waals surface area contributed by atoms with Crippen molar-refractivity contribution in [2.45, 2.75) is 19.4 Å². The van der Waals surface area contributed by atoms with Crippen molar-refractivity contribution in [3.05, 3.63) is 18.0 Å². The maximum atomic E-state index is 11.1. The second kappa shape index (κ2) is 5.31. The Morgan fingerprint density at radius 3 is 3.15 bits per heavy atom. The molecule has 1 amide bonds. The van der Waals surface area contributed by atoms with Crippen LogP contribution in [0.25, 0.3) is 0 Å². The van der Waals surface area contributed by atoms with Crippen LogP contribution in [0.3, 0.4) is 0 Å². The Hall–Kier alpha value is -1.36. The van der Waals surface area contributed by atoms with Crippen molar-refractivity contribution < 1.29 is 9.32 Å². The smallest absolute Gasteiger partial charge is 0.220 e. The molecule has 0 saturated heterocycles. The largest absolute Gasteiger partial charge is 0.364 e. The molecule has 0 aromatic carbocycles. The number of carbonyl (C=O) groups excluding carboxylic acids is 1. The van der Waals surface area contributed by atoms with E-state index >= 15 is 0 Å². The molecule has 5 heteroatoms. The van der Waals surface area contributed by atoms with E-state index < -0.39 is 0 Å². The van der Waals surface area contributed by atoms with Crippen LogP contribution in [-0.2, 0) is 11.3 Å². The maximum absolute atomic E-state index is 11.1. The summed E-state index contributed by atoms with van der Waals surface area (Å²) in [6, 6.07) is 1.71. The Balaban J connectivity index is 2.15. The minimum absolute atomic E-state index is 0.00606. The Bertz CT molecular complexity index is 246. The molecule has 0 aliphatic rings. The molecule has 72 valence electrons. The first-order chi connectivity index (χ1) is 6.33. The molecule has 1 aromatic rings. The second-order valence-electron chi connectivity index (χ2n) is 2.66. The van der Waals surface area contributed by atoms with Gasteiger partial charge in [0.15, 0.2) is 0 Å². The fourth-order valence-corrected chi connectivity index (χ4v) is 0.869. The summed E-state index contributed by atoms with van der Waals surface area (Å²) in [5.41, 5.74) is 5.98. The summed E-state index contributed by atoms with van der Waals surface area (Å²) in [5.74, 6) is -0.00606. The summed E-state index contributed by atoms with van der Waals surface area (Å²) in [7, 11) is 0. The lowest BCUT2D eigenvalue weighted by atomic mass is 10.3. The number of nitrogens with two attached hydrogens (primary N) is 1. The molecule has 13 heavy (non-hydrogen) atoms. The molecule has 0 aliphatic carbocycles. The van der Waals surface area contributed by atoms with Gasteiger partial charge < -0.3 is 15.6 Å². The van der Waals surface area contributed by atoms with E-state index in [1.54, 1.807) is 6.07 Å². The zero-order valence-corrected chi connectivity index (χ0v) is 7.32. The van der Waals surface area contributed by atoms with Gasteiger partial charge >= 0.3 is 0 Å². The molecule has 0 spiro atoms. The fraction of sp³-hybridized carbons (Fsp3) is 0.500. The lowest BCUT2D eigenvalue weighted by Crippen LogP contribution is -2.23. The number of aromatic nitrogens is 1. The third-order valence-electron chi connectivity index (χ3n) is 1.57. The lowest BCUT2D eigenvalue weighted by molar-refractivity contribution is -0.121.